The number of carbonyl (C=O) groups is 1. The first-order chi connectivity index (χ1) is 9.30. The number of benzene rings is 1. The second-order valence-corrected chi connectivity index (χ2v) is 6.39. The van der Waals surface area contributed by atoms with Crippen LogP contribution in [0, 0.1) is 5.92 Å². The third kappa shape index (κ3) is 3.44. The van der Waals surface area contributed by atoms with Crippen LogP contribution < -0.4 is 5.32 Å². The predicted molar refractivity (Wildman–Crippen MR) is 81.3 cm³/mol. The van der Waals surface area contributed by atoms with Crippen LogP contribution in [0.2, 0.25) is 10.0 Å². The van der Waals surface area contributed by atoms with E-state index < -0.39 is 5.60 Å². The maximum Gasteiger partial charge on any atom is 0.238 e. The number of anilines is 1. The van der Waals surface area contributed by atoms with Crippen LogP contribution in [0.25, 0.3) is 0 Å². The molecule has 1 aliphatic rings. The van der Waals surface area contributed by atoms with Gasteiger partial charge in [-0.15, -0.1) is 0 Å². The third-order valence-corrected chi connectivity index (χ3v) is 4.38. The molecule has 1 amide bonds. The molecule has 4 nitrogen and oxygen atoms in total. The zero-order valence-corrected chi connectivity index (χ0v) is 13.0. The van der Waals surface area contributed by atoms with Gasteiger partial charge in [0.25, 0.3) is 0 Å². The summed E-state index contributed by atoms with van der Waals surface area (Å²) in [6, 6.07) is 4.95. The summed E-state index contributed by atoms with van der Waals surface area (Å²) >= 11 is 11.7. The van der Waals surface area contributed by atoms with Gasteiger partial charge < -0.3 is 10.4 Å². The van der Waals surface area contributed by atoms with Gasteiger partial charge in [0.2, 0.25) is 5.91 Å². The Balaban J connectivity index is 1.84. The van der Waals surface area contributed by atoms with E-state index in [2.05, 4.69) is 5.32 Å². The molecular weight excluding hydrogens is 299 g/mol. The van der Waals surface area contributed by atoms with E-state index in [0.717, 1.165) is 0 Å². The first kappa shape index (κ1) is 15.6. The van der Waals surface area contributed by atoms with Crippen molar-refractivity contribution in [1.29, 1.82) is 0 Å². The molecule has 2 rings (SSSR count). The molecule has 1 fully saturated rings. The normalized spacial score (nSPS) is 17.9. The molecule has 0 aromatic heterocycles. The lowest BCUT2D eigenvalue weighted by atomic mass is 9.83. The monoisotopic (exact) mass is 316 g/mol. The van der Waals surface area contributed by atoms with Crippen molar-refractivity contribution in [2.24, 2.45) is 5.92 Å². The van der Waals surface area contributed by atoms with Gasteiger partial charge in [0.15, 0.2) is 0 Å². The molecule has 6 heteroatoms. The highest BCUT2D eigenvalue weighted by Gasteiger charge is 2.43. The van der Waals surface area contributed by atoms with Crippen molar-refractivity contribution in [2.75, 3.05) is 25.0 Å². The molecular formula is C14H18Cl2N2O2. The standard InChI is InChI=1S/C14H18Cl2N2O2/c1-9(2)14(20)7-18(8-14)6-13(19)17-10-3-4-11(15)12(16)5-10/h3-5,9,20H,6-8H2,1-2H3,(H,17,19). The average molecular weight is 317 g/mol. The van der Waals surface area contributed by atoms with E-state index in [9.17, 15) is 9.90 Å². The van der Waals surface area contributed by atoms with Crippen molar-refractivity contribution in [3.05, 3.63) is 28.2 Å². The molecule has 1 aliphatic heterocycles. The minimum atomic E-state index is -0.663. The van der Waals surface area contributed by atoms with E-state index in [1.54, 1.807) is 18.2 Å². The fourth-order valence-corrected chi connectivity index (χ4v) is 2.48. The number of carbonyl (C=O) groups excluding carboxylic acids is 1. The van der Waals surface area contributed by atoms with Gasteiger partial charge in [0.05, 0.1) is 22.2 Å². The molecule has 20 heavy (non-hydrogen) atoms. The quantitative estimate of drug-likeness (QED) is 0.897. The highest BCUT2D eigenvalue weighted by molar-refractivity contribution is 6.42. The summed E-state index contributed by atoms with van der Waals surface area (Å²) < 4.78 is 0. The van der Waals surface area contributed by atoms with Crippen LogP contribution in [0.4, 0.5) is 5.69 Å². The van der Waals surface area contributed by atoms with Crippen molar-refractivity contribution in [3.63, 3.8) is 0 Å². The summed E-state index contributed by atoms with van der Waals surface area (Å²) in [4.78, 5) is 13.8. The Morgan fingerprint density at radius 2 is 2.05 bits per heavy atom. The first-order valence-corrected chi connectivity index (χ1v) is 7.25. The minimum absolute atomic E-state index is 0.130. The number of amides is 1. The zero-order valence-electron chi connectivity index (χ0n) is 11.5. The molecule has 1 aromatic carbocycles. The van der Waals surface area contributed by atoms with Crippen molar-refractivity contribution in [2.45, 2.75) is 19.4 Å². The van der Waals surface area contributed by atoms with E-state index in [0.29, 0.717) is 28.8 Å². The highest BCUT2D eigenvalue weighted by atomic mass is 35.5. The maximum atomic E-state index is 11.9. The number of likely N-dealkylation sites (tertiary alicyclic amines) is 1. The smallest absolute Gasteiger partial charge is 0.238 e. The fraction of sp³-hybridized carbons (Fsp3) is 0.500. The van der Waals surface area contributed by atoms with E-state index in [1.165, 1.54) is 0 Å². The van der Waals surface area contributed by atoms with Crippen molar-refractivity contribution >= 4 is 34.8 Å². The van der Waals surface area contributed by atoms with Gasteiger partial charge >= 0.3 is 0 Å². The van der Waals surface area contributed by atoms with Gasteiger partial charge in [-0.3, -0.25) is 9.69 Å². The van der Waals surface area contributed by atoms with Gasteiger partial charge in [-0.2, -0.15) is 0 Å². The van der Waals surface area contributed by atoms with Gasteiger partial charge in [0.1, 0.15) is 0 Å². The van der Waals surface area contributed by atoms with E-state index in [4.69, 9.17) is 23.2 Å². The van der Waals surface area contributed by atoms with E-state index >= 15 is 0 Å². The largest absolute Gasteiger partial charge is 0.387 e. The highest BCUT2D eigenvalue weighted by Crippen LogP contribution is 2.28. The molecule has 0 spiro atoms. The first-order valence-electron chi connectivity index (χ1n) is 6.50. The second kappa shape index (κ2) is 5.90. The summed E-state index contributed by atoms with van der Waals surface area (Å²) in [6.45, 7) is 5.27. The molecule has 110 valence electrons. The van der Waals surface area contributed by atoms with Gasteiger partial charge in [-0.1, -0.05) is 37.0 Å². The Morgan fingerprint density at radius 1 is 1.40 bits per heavy atom. The van der Waals surface area contributed by atoms with Gasteiger partial charge in [-0.05, 0) is 24.1 Å². The Hall–Kier alpha value is -0.810. The molecule has 0 aliphatic carbocycles. The molecule has 0 radical (unpaired) electrons. The van der Waals surface area contributed by atoms with Crippen LogP contribution in [0.1, 0.15) is 13.8 Å². The molecule has 1 saturated heterocycles. The fourth-order valence-electron chi connectivity index (χ4n) is 2.18. The number of halogens is 2. The molecule has 0 bridgehead atoms. The lowest BCUT2D eigenvalue weighted by Gasteiger charge is -2.48. The molecule has 0 unspecified atom stereocenters. The molecule has 0 saturated carbocycles. The third-order valence-electron chi connectivity index (χ3n) is 3.64. The van der Waals surface area contributed by atoms with Crippen LogP contribution in [-0.2, 0) is 4.79 Å². The number of β-amino-alcohol motifs (C(OH)–C–C–N with tert-alkyl or cyclic N) is 1. The summed E-state index contributed by atoms with van der Waals surface area (Å²) in [7, 11) is 0. The minimum Gasteiger partial charge on any atom is -0.387 e. The second-order valence-electron chi connectivity index (χ2n) is 5.58. The van der Waals surface area contributed by atoms with Crippen LogP contribution in [0.3, 0.4) is 0 Å². The van der Waals surface area contributed by atoms with Crippen LogP contribution >= 0.6 is 23.2 Å². The van der Waals surface area contributed by atoms with Crippen molar-refractivity contribution < 1.29 is 9.90 Å². The summed E-state index contributed by atoms with van der Waals surface area (Å²) in [5, 5.41) is 13.7. The molecule has 1 aromatic rings. The lowest BCUT2D eigenvalue weighted by molar-refractivity contribution is -0.139. The molecule has 1 heterocycles. The number of nitrogens with zero attached hydrogens (tertiary/aromatic N) is 1. The Kier molecular flexibility index (Phi) is 4.59. The van der Waals surface area contributed by atoms with Crippen molar-refractivity contribution in [3.8, 4) is 0 Å². The SMILES string of the molecule is CC(C)C1(O)CN(CC(=O)Nc2ccc(Cl)c(Cl)c2)C1. The van der Waals surface area contributed by atoms with Crippen LogP contribution in [0.5, 0.6) is 0 Å². The predicted octanol–water partition coefficient (Wildman–Crippen LogP) is 2.63. The number of nitrogens with one attached hydrogen (secondary N) is 1. The van der Waals surface area contributed by atoms with E-state index in [1.807, 2.05) is 18.7 Å². The summed E-state index contributed by atoms with van der Waals surface area (Å²) in [6.07, 6.45) is 0. The Labute approximate surface area is 128 Å². The molecule has 0 atom stereocenters. The summed E-state index contributed by atoms with van der Waals surface area (Å²) in [5.41, 5.74) is -0.0480. The Bertz CT molecular complexity index is 514. The van der Waals surface area contributed by atoms with Gasteiger partial charge in [-0.25, -0.2) is 0 Å². The Morgan fingerprint density at radius 3 is 2.60 bits per heavy atom. The van der Waals surface area contributed by atoms with Crippen molar-refractivity contribution in [1.82, 2.24) is 4.90 Å². The number of aliphatic hydroxyl groups is 1. The number of hydrogen-bond donors (Lipinski definition) is 2. The lowest BCUT2D eigenvalue weighted by Crippen LogP contribution is -2.65. The zero-order chi connectivity index (χ0) is 14.9. The average Bonchev–Trinajstić information content (AvgIpc) is 2.31. The number of rotatable bonds is 4. The van der Waals surface area contributed by atoms with Gasteiger partial charge in [0, 0.05) is 18.8 Å². The van der Waals surface area contributed by atoms with E-state index in [-0.39, 0.29) is 18.4 Å². The summed E-state index contributed by atoms with van der Waals surface area (Å²) in [5.74, 6) is 0.0612. The molecule has 2 N–H and O–H groups in total. The topological polar surface area (TPSA) is 52.6 Å². The van der Waals surface area contributed by atoms with Crippen LogP contribution in [0.15, 0.2) is 18.2 Å². The number of hydrogen-bond acceptors (Lipinski definition) is 3. The van der Waals surface area contributed by atoms with Crippen LogP contribution in [-0.4, -0.2) is 41.1 Å². The maximum absolute atomic E-state index is 11.9.